The minimum atomic E-state index is -0.411. The van der Waals surface area contributed by atoms with Crippen LogP contribution in [0.25, 0.3) is 0 Å². The van der Waals surface area contributed by atoms with Crippen molar-refractivity contribution in [2.24, 2.45) is 5.73 Å². The molecule has 0 heterocycles. The topological polar surface area (TPSA) is 68.3 Å². The molecule has 0 aliphatic carbocycles. The van der Waals surface area contributed by atoms with Crippen LogP contribution in [0.4, 0.5) is 0 Å². The number of methoxy groups -OCH3 is 1. The van der Waals surface area contributed by atoms with E-state index in [0.717, 1.165) is 8.95 Å². The lowest BCUT2D eigenvalue weighted by Crippen LogP contribution is -2.32. The van der Waals surface area contributed by atoms with Crippen LogP contribution < -0.4 is 15.2 Å². The summed E-state index contributed by atoms with van der Waals surface area (Å²) < 4.78 is 12.4. The van der Waals surface area contributed by atoms with Crippen LogP contribution in [0.2, 0.25) is 0 Å². The molecular weight excluding hydrogens is 352 g/mol. The molecule has 0 bridgehead atoms. The smallest absolute Gasteiger partial charge is 0.155 e. The van der Waals surface area contributed by atoms with Gasteiger partial charge in [0.1, 0.15) is 17.3 Å². The summed E-state index contributed by atoms with van der Waals surface area (Å²) >= 11 is 6.77. The Balaban J connectivity index is 2.99. The lowest BCUT2D eigenvalue weighted by molar-refractivity contribution is 0.258. The second-order valence-corrected chi connectivity index (χ2v) is 5.10. The van der Waals surface area contributed by atoms with Crippen molar-refractivity contribution in [1.82, 2.24) is 0 Å². The molecule has 1 unspecified atom stereocenters. The van der Waals surface area contributed by atoms with Crippen LogP contribution in [0, 0.1) is 5.41 Å². The maximum Gasteiger partial charge on any atom is 0.155 e. The first kappa shape index (κ1) is 14.3. The van der Waals surface area contributed by atoms with Crippen molar-refractivity contribution in [1.29, 1.82) is 5.41 Å². The summed E-state index contributed by atoms with van der Waals surface area (Å²) in [6.07, 6.45) is 0.234. The SMILES string of the molecule is CCC(Oc1cc(Br)c(OC)cc1Br)C(=N)N. The number of hydrogen-bond donors (Lipinski definition) is 2. The molecule has 0 aromatic heterocycles. The van der Waals surface area contributed by atoms with Gasteiger partial charge in [-0.05, 0) is 50.4 Å². The Labute approximate surface area is 117 Å². The lowest BCUT2D eigenvalue weighted by Gasteiger charge is -2.18. The van der Waals surface area contributed by atoms with Crippen molar-refractivity contribution >= 4 is 37.7 Å². The van der Waals surface area contributed by atoms with E-state index in [-0.39, 0.29) is 5.84 Å². The van der Waals surface area contributed by atoms with Crippen LogP contribution in [0.1, 0.15) is 13.3 Å². The van der Waals surface area contributed by atoms with E-state index in [1.54, 1.807) is 19.2 Å². The van der Waals surface area contributed by atoms with E-state index >= 15 is 0 Å². The van der Waals surface area contributed by atoms with E-state index in [9.17, 15) is 0 Å². The van der Waals surface area contributed by atoms with Crippen LogP contribution in [0.3, 0.4) is 0 Å². The lowest BCUT2D eigenvalue weighted by atomic mass is 10.2. The molecule has 94 valence electrons. The Morgan fingerprint density at radius 2 is 1.88 bits per heavy atom. The number of nitrogens with two attached hydrogens (primary N) is 1. The average Bonchev–Trinajstić information content (AvgIpc) is 2.29. The predicted octanol–water partition coefficient (Wildman–Crippen LogP) is 3.31. The highest BCUT2D eigenvalue weighted by molar-refractivity contribution is 9.11. The van der Waals surface area contributed by atoms with Crippen molar-refractivity contribution in [3.63, 3.8) is 0 Å². The minimum Gasteiger partial charge on any atom is -0.496 e. The van der Waals surface area contributed by atoms with E-state index in [4.69, 9.17) is 20.6 Å². The van der Waals surface area contributed by atoms with Gasteiger partial charge in [0.15, 0.2) is 6.10 Å². The molecule has 0 aliphatic heterocycles. The first-order valence-electron chi connectivity index (χ1n) is 5.03. The molecule has 17 heavy (non-hydrogen) atoms. The van der Waals surface area contributed by atoms with Crippen LogP contribution in [-0.2, 0) is 0 Å². The van der Waals surface area contributed by atoms with Gasteiger partial charge in [-0.3, -0.25) is 5.41 Å². The molecular formula is C11H14Br2N2O2. The fourth-order valence-corrected chi connectivity index (χ4v) is 2.18. The minimum absolute atomic E-state index is 0.0198. The number of amidine groups is 1. The normalized spacial score (nSPS) is 12.0. The van der Waals surface area contributed by atoms with Crippen molar-refractivity contribution in [3.8, 4) is 11.5 Å². The molecule has 0 amide bonds. The molecule has 3 N–H and O–H groups in total. The zero-order valence-electron chi connectivity index (χ0n) is 9.59. The summed E-state index contributed by atoms with van der Waals surface area (Å²) in [6, 6.07) is 3.58. The fourth-order valence-electron chi connectivity index (χ4n) is 1.28. The standard InChI is InChI=1S/C11H14Br2N2O2/c1-3-8(11(14)15)17-10-5-6(12)9(16-2)4-7(10)13/h4-5,8H,3H2,1-2H3,(H3,14,15). The summed E-state index contributed by atoms with van der Waals surface area (Å²) in [7, 11) is 1.59. The van der Waals surface area contributed by atoms with E-state index in [0.29, 0.717) is 17.9 Å². The largest absolute Gasteiger partial charge is 0.496 e. The van der Waals surface area contributed by atoms with Crippen molar-refractivity contribution in [2.75, 3.05) is 7.11 Å². The predicted molar refractivity (Wildman–Crippen MR) is 75.0 cm³/mol. The van der Waals surface area contributed by atoms with Crippen LogP contribution in [0.15, 0.2) is 21.1 Å². The number of rotatable bonds is 5. The van der Waals surface area contributed by atoms with Crippen molar-refractivity contribution in [2.45, 2.75) is 19.4 Å². The molecule has 0 spiro atoms. The monoisotopic (exact) mass is 364 g/mol. The van der Waals surface area contributed by atoms with Gasteiger partial charge in [-0.1, -0.05) is 6.92 Å². The zero-order valence-corrected chi connectivity index (χ0v) is 12.8. The van der Waals surface area contributed by atoms with Gasteiger partial charge in [0.05, 0.1) is 16.1 Å². The van der Waals surface area contributed by atoms with E-state index in [1.165, 1.54) is 0 Å². The van der Waals surface area contributed by atoms with Gasteiger partial charge >= 0.3 is 0 Å². The number of benzene rings is 1. The second kappa shape index (κ2) is 6.26. The number of nitrogens with one attached hydrogen (secondary N) is 1. The number of ether oxygens (including phenoxy) is 2. The quantitative estimate of drug-likeness (QED) is 0.621. The molecule has 1 aromatic rings. The molecule has 1 rings (SSSR count). The Morgan fingerprint density at radius 3 is 2.35 bits per heavy atom. The Bertz CT molecular complexity index is 424. The molecule has 0 fully saturated rings. The second-order valence-electron chi connectivity index (χ2n) is 3.39. The highest BCUT2D eigenvalue weighted by atomic mass is 79.9. The Morgan fingerprint density at radius 1 is 1.35 bits per heavy atom. The van der Waals surface area contributed by atoms with Crippen LogP contribution in [-0.4, -0.2) is 19.0 Å². The van der Waals surface area contributed by atoms with E-state index < -0.39 is 6.10 Å². The maximum absolute atomic E-state index is 7.40. The summed E-state index contributed by atoms with van der Waals surface area (Å²) in [4.78, 5) is 0. The summed E-state index contributed by atoms with van der Waals surface area (Å²) in [6.45, 7) is 1.92. The zero-order chi connectivity index (χ0) is 13.0. The molecule has 1 atom stereocenters. The summed E-state index contributed by atoms with van der Waals surface area (Å²) in [5.74, 6) is 1.35. The third kappa shape index (κ3) is 3.61. The number of hydrogen-bond acceptors (Lipinski definition) is 3. The Kier molecular flexibility index (Phi) is 5.27. The fraction of sp³-hybridized carbons (Fsp3) is 0.364. The average molecular weight is 366 g/mol. The third-order valence-corrected chi connectivity index (χ3v) is 3.43. The molecule has 1 aromatic carbocycles. The first-order valence-corrected chi connectivity index (χ1v) is 6.61. The van der Waals surface area contributed by atoms with Crippen LogP contribution >= 0.6 is 31.9 Å². The van der Waals surface area contributed by atoms with Gasteiger partial charge in [0, 0.05) is 0 Å². The van der Waals surface area contributed by atoms with Gasteiger partial charge in [-0.25, -0.2) is 0 Å². The summed E-state index contributed by atoms with van der Waals surface area (Å²) in [5, 5.41) is 7.40. The maximum atomic E-state index is 7.40. The van der Waals surface area contributed by atoms with Gasteiger partial charge in [0.2, 0.25) is 0 Å². The Hall–Kier alpha value is -0.750. The van der Waals surface area contributed by atoms with Gasteiger partial charge in [-0.2, -0.15) is 0 Å². The molecule has 6 heteroatoms. The van der Waals surface area contributed by atoms with Gasteiger partial charge in [0.25, 0.3) is 0 Å². The van der Waals surface area contributed by atoms with Gasteiger partial charge < -0.3 is 15.2 Å². The highest BCUT2D eigenvalue weighted by Gasteiger charge is 2.15. The highest BCUT2D eigenvalue weighted by Crippen LogP contribution is 2.36. The van der Waals surface area contributed by atoms with Crippen molar-refractivity contribution in [3.05, 3.63) is 21.1 Å². The number of halogens is 2. The molecule has 0 radical (unpaired) electrons. The first-order chi connectivity index (χ1) is 7.99. The molecule has 4 nitrogen and oxygen atoms in total. The van der Waals surface area contributed by atoms with Crippen LogP contribution in [0.5, 0.6) is 11.5 Å². The van der Waals surface area contributed by atoms with Crippen molar-refractivity contribution < 1.29 is 9.47 Å². The molecule has 0 saturated heterocycles. The van der Waals surface area contributed by atoms with E-state index in [1.807, 2.05) is 6.92 Å². The third-order valence-electron chi connectivity index (χ3n) is 2.19. The van der Waals surface area contributed by atoms with Gasteiger partial charge in [-0.15, -0.1) is 0 Å². The van der Waals surface area contributed by atoms with E-state index in [2.05, 4.69) is 31.9 Å². The molecule has 0 saturated carbocycles. The summed E-state index contributed by atoms with van der Waals surface area (Å²) in [5.41, 5.74) is 5.45. The molecule has 0 aliphatic rings.